The van der Waals surface area contributed by atoms with E-state index in [0.717, 1.165) is 12.8 Å². The lowest BCUT2D eigenvalue weighted by Gasteiger charge is -2.20. The quantitative estimate of drug-likeness (QED) is 0.650. The summed E-state index contributed by atoms with van der Waals surface area (Å²) in [5.41, 5.74) is 0. The number of methoxy groups -OCH3 is 1. The minimum Gasteiger partial charge on any atom is -0.382 e. The molecule has 0 aromatic carbocycles. The first-order valence-electron chi connectivity index (χ1n) is 6.69. The zero-order valence-electron chi connectivity index (χ0n) is 11.4. The number of hydrogen-bond donors (Lipinski definition) is 1. The van der Waals surface area contributed by atoms with Gasteiger partial charge in [-0.1, -0.05) is 0 Å². The van der Waals surface area contributed by atoms with Gasteiger partial charge in [0.2, 0.25) is 5.92 Å². The van der Waals surface area contributed by atoms with E-state index in [4.69, 9.17) is 9.47 Å². The summed E-state index contributed by atoms with van der Waals surface area (Å²) in [6, 6.07) is 0.270. The van der Waals surface area contributed by atoms with E-state index in [9.17, 15) is 8.78 Å². The highest BCUT2D eigenvalue weighted by Gasteiger charge is 2.39. The number of ether oxygens (including phenoxy) is 2. The van der Waals surface area contributed by atoms with Crippen LogP contribution < -0.4 is 5.32 Å². The normalized spacial score (nSPS) is 24.3. The number of alkyl halides is 2. The molecule has 0 radical (unpaired) electrons. The molecule has 0 heterocycles. The van der Waals surface area contributed by atoms with E-state index in [1.807, 2.05) is 7.05 Å². The highest BCUT2D eigenvalue weighted by atomic mass is 19.3. The van der Waals surface area contributed by atoms with Crippen molar-refractivity contribution in [2.45, 2.75) is 44.1 Å². The van der Waals surface area contributed by atoms with Gasteiger partial charge in [0.1, 0.15) is 0 Å². The molecule has 1 aliphatic carbocycles. The molecule has 1 fully saturated rings. The van der Waals surface area contributed by atoms with Crippen LogP contribution in [0.15, 0.2) is 0 Å². The van der Waals surface area contributed by atoms with Gasteiger partial charge in [0.25, 0.3) is 0 Å². The highest BCUT2D eigenvalue weighted by molar-refractivity contribution is 4.84. The Labute approximate surface area is 108 Å². The fourth-order valence-electron chi connectivity index (χ4n) is 2.50. The molecule has 0 spiro atoms. The molecule has 1 saturated carbocycles. The van der Waals surface area contributed by atoms with E-state index in [2.05, 4.69) is 5.32 Å². The van der Waals surface area contributed by atoms with E-state index in [0.29, 0.717) is 26.2 Å². The van der Waals surface area contributed by atoms with Gasteiger partial charge in [0.05, 0.1) is 13.2 Å². The summed E-state index contributed by atoms with van der Waals surface area (Å²) in [5, 5.41) is 3.19. The maximum Gasteiger partial charge on any atom is 0.248 e. The summed E-state index contributed by atoms with van der Waals surface area (Å²) >= 11 is 0. The van der Waals surface area contributed by atoms with Crippen LogP contribution in [0.5, 0.6) is 0 Å². The molecule has 1 N–H and O–H groups in total. The van der Waals surface area contributed by atoms with Crippen LogP contribution in [0.25, 0.3) is 0 Å². The molecule has 0 aromatic heterocycles. The van der Waals surface area contributed by atoms with Crippen molar-refractivity contribution < 1.29 is 18.3 Å². The van der Waals surface area contributed by atoms with E-state index in [1.54, 1.807) is 7.11 Å². The second kappa shape index (κ2) is 8.02. The molecule has 108 valence electrons. The third kappa shape index (κ3) is 6.07. The van der Waals surface area contributed by atoms with Gasteiger partial charge >= 0.3 is 0 Å². The van der Waals surface area contributed by atoms with Crippen molar-refractivity contribution in [3.05, 3.63) is 0 Å². The van der Waals surface area contributed by atoms with Crippen LogP contribution in [-0.4, -0.2) is 45.9 Å². The molecule has 0 bridgehead atoms. The third-order valence-electron chi connectivity index (χ3n) is 3.57. The lowest BCUT2D eigenvalue weighted by Crippen LogP contribution is -2.29. The number of nitrogens with one attached hydrogen (secondary N) is 1. The Morgan fingerprint density at radius 3 is 2.67 bits per heavy atom. The molecule has 3 nitrogen and oxygen atoms in total. The molecule has 0 saturated heterocycles. The molecule has 0 aliphatic heterocycles. The molecule has 5 heteroatoms. The largest absolute Gasteiger partial charge is 0.382 e. The van der Waals surface area contributed by atoms with Crippen LogP contribution in [0, 0.1) is 5.92 Å². The number of hydrogen-bond acceptors (Lipinski definition) is 3. The molecule has 1 aliphatic rings. The Hall–Kier alpha value is -0.260. The molecule has 2 unspecified atom stereocenters. The second-order valence-corrected chi connectivity index (χ2v) is 5.08. The van der Waals surface area contributed by atoms with Crippen molar-refractivity contribution in [1.82, 2.24) is 5.32 Å². The van der Waals surface area contributed by atoms with Crippen molar-refractivity contribution in [3.8, 4) is 0 Å². The van der Waals surface area contributed by atoms with Gasteiger partial charge in [-0.05, 0) is 32.2 Å². The summed E-state index contributed by atoms with van der Waals surface area (Å²) in [4.78, 5) is 0. The maximum atomic E-state index is 13.1. The summed E-state index contributed by atoms with van der Waals surface area (Å²) in [7, 11) is 3.52. The lowest BCUT2D eigenvalue weighted by molar-refractivity contribution is 0.00410. The number of rotatable bonds is 9. The Kier molecular flexibility index (Phi) is 7.04. The molecule has 1 rings (SSSR count). The first kappa shape index (κ1) is 15.8. The van der Waals surface area contributed by atoms with Crippen LogP contribution in [0.2, 0.25) is 0 Å². The van der Waals surface area contributed by atoms with Crippen LogP contribution in [0.1, 0.15) is 32.1 Å². The Balaban J connectivity index is 2.13. The predicted molar refractivity (Wildman–Crippen MR) is 67.1 cm³/mol. The fourth-order valence-corrected chi connectivity index (χ4v) is 2.50. The maximum absolute atomic E-state index is 13.1. The van der Waals surface area contributed by atoms with Crippen LogP contribution in [-0.2, 0) is 9.47 Å². The molecular weight excluding hydrogens is 240 g/mol. The van der Waals surface area contributed by atoms with E-state index < -0.39 is 5.92 Å². The second-order valence-electron chi connectivity index (χ2n) is 5.08. The summed E-state index contributed by atoms with van der Waals surface area (Å²) in [6.07, 6.45) is 2.44. The van der Waals surface area contributed by atoms with Gasteiger partial charge in [0, 0.05) is 32.6 Å². The van der Waals surface area contributed by atoms with E-state index >= 15 is 0 Å². The first-order valence-corrected chi connectivity index (χ1v) is 6.69. The van der Waals surface area contributed by atoms with Crippen LogP contribution in [0.3, 0.4) is 0 Å². The minimum absolute atomic E-state index is 0.0513. The standard InChI is InChI=1S/C13H25F2NO2/c1-16-12(4-6-18-8-7-17-2)9-11-3-5-13(14,15)10-11/h11-12,16H,3-10H2,1-2H3. The van der Waals surface area contributed by atoms with Crippen LogP contribution in [0.4, 0.5) is 8.78 Å². The average molecular weight is 265 g/mol. The van der Waals surface area contributed by atoms with E-state index in [1.165, 1.54) is 0 Å². The lowest BCUT2D eigenvalue weighted by atomic mass is 9.96. The van der Waals surface area contributed by atoms with Gasteiger partial charge in [-0.15, -0.1) is 0 Å². The van der Waals surface area contributed by atoms with E-state index in [-0.39, 0.29) is 24.8 Å². The molecule has 0 aromatic rings. The van der Waals surface area contributed by atoms with Crippen molar-refractivity contribution in [1.29, 1.82) is 0 Å². The van der Waals surface area contributed by atoms with Gasteiger partial charge in [-0.3, -0.25) is 0 Å². The smallest absolute Gasteiger partial charge is 0.248 e. The Morgan fingerprint density at radius 2 is 2.11 bits per heavy atom. The van der Waals surface area contributed by atoms with Crippen molar-refractivity contribution >= 4 is 0 Å². The van der Waals surface area contributed by atoms with Crippen LogP contribution >= 0.6 is 0 Å². The highest BCUT2D eigenvalue weighted by Crippen LogP contribution is 2.40. The monoisotopic (exact) mass is 265 g/mol. The molecule has 18 heavy (non-hydrogen) atoms. The predicted octanol–water partition coefficient (Wildman–Crippen LogP) is 2.45. The molecule has 0 amide bonds. The Morgan fingerprint density at radius 1 is 1.33 bits per heavy atom. The van der Waals surface area contributed by atoms with Crippen molar-refractivity contribution in [2.75, 3.05) is 34.0 Å². The summed E-state index contributed by atoms with van der Waals surface area (Å²) in [5.74, 6) is -2.28. The van der Waals surface area contributed by atoms with Gasteiger partial charge in [0.15, 0.2) is 0 Å². The fraction of sp³-hybridized carbons (Fsp3) is 1.00. The van der Waals surface area contributed by atoms with Gasteiger partial charge in [-0.25, -0.2) is 8.78 Å². The van der Waals surface area contributed by atoms with Crippen molar-refractivity contribution in [2.24, 2.45) is 5.92 Å². The van der Waals surface area contributed by atoms with Gasteiger partial charge in [-0.2, -0.15) is 0 Å². The topological polar surface area (TPSA) is 30.5 Å². The average Bonchev–Trinajstić information content (AvgIpc) is 2.67. The SMILES string of the molecule is CNC(CCOCCOC)CC1CCC(F)(F)C1. The number of halogens is 2. The summed E-state index contributed by atoms with van der Waals surface area (Å²) in [6.45, 7) is 1.84. The zero-order chi connectivity index (χ0) is 13.4. The molecule has 2 atom stereocenters. The molecular formula is C13H25F2NO2. The van der Waals surface area contributed by atoms with Crippen molar-refractivity contribution in [3.63, 3.8) is 0 Å². The minimum atomic E-state index is -2.43. The summed E-state index contributed by atoms with van der Waals surface area (Å²) < 4.78 is 36.4. The van der Waals surface area contributed by atoms with Gasteiger partial charge < -0.3 is 14.8 Å². The Bertz CT molecular complexity index is 227. The first-order chi connectivity index (χ1) is 8.57. The third-order valence-corrected chi connectivity index (χ3v) is 3.57. The zero-order valence-corrected chi connectivity index (χ0v) is 11.4.